The number of hydrogen-bond donors (Lipinski definition) is 1. The molecule has 7 nitrogen and oxygen atoms in total. The molecular weight excluding hydrogens is 321 g/mol. The molecule has 1 unspecified atom stereocenters. The molecule has 2 rings (SSSR count). The molecule has 126 valence electrons. The fourth-order valence-electron chi connectivity index (χ4n) is 1.84. The van der Waals surface area contributed by atoms with Gasteiger partial charge in [-0.1, -0.05) is 0 Å². The molecule has 1 aromatic heterocycles. The zero-order valence-electron chi connectivity index (χ0n) is 13.6. The fourth-order valence-corrected chi connectivity index (χ4v) is 2.59. The average molecular weight is 342 g/mol. The SMILES string of the molecule is Cc1cc2ccc(OP(=O)(O)OCC[N+](C)(C)C)cc2oc1=O. The lowest BCUT2D eigenvalue weighted by Crippen LogP contribution is -2.37. The van der Waals surface area contributed by atoms with Crippen molar-refractivity contribution in [2.45, 2.75) is 6.92 Å². The summed E-state index contributed by atoms with van der Waals surface area (Å²) >= 11 is 0. The van der Waals surface area contributed by atoms with Crippen LogP contribution >= 0.6 is 7.82 Å². The average Bonchev–Trinajstić information content (AvgIpc) is 2.38. The molecule has 0 saturated heterocycles. The second kappa shape index (κ2) is 6.45. The summed E-state index contributed by atoms with van der Waals surface area (Å²) in [6.45, 7) is 2.29. The van der Waals surface area contributed by atoms with E-state index in [-0.39, 0.29) is 17.9 Å². The summed E-state index contributed by atoms with van der Waals surface area (Å²) in [7, 11) is 1.60. The predicted octanol–water partition coefficient (Wildman–Crippen LogP) is 2.30. The van der Waals surface area contributed by atoms with Crippen LogP contribution in [0.15, 0.2) is 33.5 Å². The maximum absolute atomic E-state index is 11.9. The summed E-state index contributed by atoms with van der Waals surface area (Å²) < 4.78 is 27.6. The van der Waals surface area contributed by atoms with Crippen molar-refractivity contribution in [1.82, 2.24) is 0 Å². The van der Waals surface area contributed by atoms with Crippen LogP contribution in [0.25, 0.3) is 11.0 Å². The Bertz CT molecular complexity index is 808. The number of fused-ring (bicyclic) bond motifs is 1. The van der Waals surface area contributed by atoms with Crippen LogP contribution in [0.2, 0.25) is 0 Å². The summed E-state index contributed by atoms with van der Waals surface area (Å²) in [5.74, 6) is 0.0978. The van der Waals surface area contributed by atoms with E-state index in [0.29, 0.717) is 22.0 Å². The van der Waals surface area contributed by atoms with Gasteiger partial charge in [0.2, 0.25) is 0 Å². The molecule has 2 aromatic rings. The molecule has 0 saturated carbocycles. The topological polar surface area (TPSA) is 86.0 Å². The lowest BCUT2D eigenvalue weighted by atomic mass is 10.2. The Labute approximate surface area is 134 Å². The third-order valence-corrected chi connectivity index (χ3v) is 4.07. The first kappa shape index (κ1) is 17.7. The third-order valence-electron chi connectivity index (χ3n) is 3.12. The van der Waals surface area contributed by atoms with Crippen molar-refractivity contribution < 1.29 is 27.4 Å². The minimum atomic E-state index is -4.23. The highest BCUT2D eigenvalue weighted by Crippen LogP contribution is 2.44. The standard InChI is InChI=1S/C15H20NO6P/c1-11-9-12-5-6-13(10-14(12)21-15(11)17)22-23(18,19)20-8-7-16(2,3)4/h5-6,9-10H,7-8H2,1-4H3/p+1. The van der Waals surface area contributed by atoms with Gasteiger partial charge < -0.3 is 13.4 Å². The van der Waals surface area contributed by atoms with Gasteiger partial charge in [0.05, 0.1) is 21.1 Å². The number of phosphoric acid groups is 1. The largest absolute Gasteiger partial charge is 0.527 e. The summed E-state index contributed by atoms with van der Waals surface area (Å²) in [6, 6.07) is 6.24. The smallest absolute Gasteiger partial charge is 0.422 e. The highest BCUT2D eigenvalue weighted by Gasteiger charge is 2.24. The molecule has 0 amide bonds. The molecule has 0 spiro atoms. The Balaban J connectivity index is 2.12. The van der Waals surface area contributed by atoms with Crippen molar-refractivity contribution in [3.63, 3.8) is 0 Å². The number of quaternary nitrogens is 1. The Morgan fingerprint density at radius 1 is 1.26 bits per heavy atom. The number of likely N-dealkylation sites (N-methyl/N-ethyl adjacent to an activating group) is 1. The van der Waals surface area contributed by atoms with Crippen LogP contribution in [0.1, 0.15) is 5.56 Å². The van der Waals surface area contributed by atoms with Crippen LogP contribution in [0.5, 0.6) is 5.75 Å². The van der Waals surface area contributed by atoms with E-state index in [1.54, 1.807) is 19.1 Å². The Morgan fingerprint density at radius 3 is 2.61 bits per heavy atom. The fraction of sp³-hybridized carbons (Fsp3) is 0.400. The van der Waals surface area contributed by atoms with Crippen molar-refractivity contribution in [2.24, 2.45) is 0 Å². The van der Waals surface area contributed by atoms with Gasteiger partial charge in [0.1, 0.15) is 24.5 Å². The number of hydrogen-bond acceptors (Lipinski definition) is 5. The van der Waals surface area contributed by atoms with Crippen LogP contribution < -0.4 is 10.1 Å². The quantitative estimate of drug-likeness (QED) is 0.492. The van der Waals surface area contributed by atoms with Gasteiger partial charge >= 0.3 is 13.4 Å². The van der Waals surface area contributed by atoms with Gasteiger partial charge in [-0.3, -0.25) is 9.42 Å². The van der Waals surface area contributed by atoms with Crippen molar-refractivity contribution in [3.05, 3.63) is 40.2 Å². The number of aryl methyl sites for hydroxylation is 1. The van der Waals surface area contributed by atoms with Gasteiger partial charge in [-0.2, -0.15) is 0 Å². The number of nitrogens with zero attached hydrogens (tertiary/aromatic N) is 1. The molecule has 0 fully saturated rings. The Morgan fingerprint density at radius 2 is 1.96 bits per heavy atom. The van der Waals surface area contributed by atoms with Gasteiger partial charge in [0.15, 0.2) is 0 Å². The maximum atomic E-state index is 11.9. The van der Waals surface area contributed by atoms with E-state index in [1.807, 2.05) is 21.1 Å². The zero-order chi connectivity index (χ0) is 17.3. The van der Waals surface area contributed by atoms with E-state index >= 15 is 0 Å². The van der Waals surface area contributed by atoms with Crippen LogP contribution in [0.4, 0.5) is 0 Å². The minimum Gasteiger partial charge on any atom is -0.422 e. The van der Waals surface area contributed by atoms with Gasteiger partial charge in [-0.25, -0.2) is 9.36 Å². The molecular formula is C15H21NO6P+. The lowest BCUT2D eigenvalue weighted by molar-refractivity contribution is -0.870. The van der Waals surface area contributed by atoms with E-state index < -0.39 is 13.4 Å². The second-order valence-corrected chi connectivity index (χ2v) is 7.70. The summed E-state index contributed by atoms with van der Waals surface area (Å²) in [6.07, 6.45) is 0. The highest BCUT2D eigenvalue weighted by atomic mass is 31.2. The van der Waals surface area contributed by atoms with E-state index in [4.69, 9.17) is 13.5 Å². The number of benzene rings is 1. The molecule has 1 heterocycles. The highest BCUT2D eigenvalue weighted by molar-refractivity contribution is 7.47. The monoisotopic (exact) mass is 342 g/mol. The first-order valence-electron chi connectivity index (χ1n) is 7.08. The number of rotatable bonds is 6. The normalized spacial score (nSPS) is 14.7. The van der Waals surface area contributed by atoms with Crippen molar-refractivity contribution in [2.75, 3.05) is 34.3 Å². The van der Waals surface area contributed by atoms with Crippen molar-refractivity contribution in [1.29, 1.82) is 0 Å². The van der Waals surface area contributed by atoms with Gasteiger partial charge in [0, 0.05) is 17.0 Å². The van der Waals surface area contributed by atoms with Crippen molar-refractivity contribution in [3.8, 4) is 5.75 Å². The molecule has 1 N–H and O–H groups in total. The molecule has 0 aliphatic carbocycles. The number of phosphoric ester groups is 1. The Hall–Kier alpha value is -1.66. The molecule has 1 atom stereocenters. The first-order valence-corrected chi connectivity index (χ1v) is 8.57. The summed E-state index contributed by atoms with van der Waals surface area (Å²) in [4.78, 5) is 21.3. The molecule has 1 aromatic carbocycles. The van der Waals surface area contributed by atoms with E-state index in [2.05, 4.69) is 0 Å². The zero-order valence-corrected chi connectivity index (χ0v) is 14.5. The third kappa shape index (κ3) is 5.18. The predicted molar refractivity (Wildman–Crippen MR) is 86.5 cm³/mol. The molecule has 0 radical (unpaired) electrons. The first-order chi connectivity index (χ1) is 10.6. The molecule has 8 heteroatoms. The second-order valence-electron chi connectivity index (χ2n) is 6.32. The van der Waals surface area contributed by atoms with Crippen LogP contribution in [0.3, 0.4) is 0 Å². The van der Waals surface area contributed by atoms with E-state index in [0.717, 1.165) is 0 Å². The lowest BCUT2D eigenvalue weighted by Gasteiger charge is -2.24. The van der Waals surface area contributed by atoms with Gasteiger partial charge in [-0.05, 0) is 25.1 Å². The molecule has 0 aliphatic heterocycles. The van der Waals surface area contributed by atoms with Crippen LogP contribution in [-0.2, 0) is 9.09 Å². The van der Waals surface area contributed by atoms with E-state index in [1.165, 1.54) is 12.1 Å². The van der Waals surface area contributed by atoms with Crippen LogP contribution in [-0.4, -0.2) is 43.7 Å². The minimum absolute atomic E-state index is 0.0825. The molecule has 0 bridgehead atoms. The van der Waals surface area contributed by atoms with Crippen molar-refractivity contribution >= 4 is 18.8 Å². The van der Waals surface area contributed by atoms with Crippen LogP contribution in [0, 0.1) is 6.92 Å². The summed E-state index contributed by atoms with van der Waals surface area (Å²) in [5.41, 5.74) is 0.313. The molecule has 23 heavy (non-hydrogen) atoms. The summed E-state index contributed by atoms with van der Waals surface area (Å²) in [5, 5.41) is 0.702. The van der Waals surface area contributed by atoms with Gasteiger partial charge in [-0.15, -0.1) is 0 Å². The maximum Gasteiger partial charge on any atom is 0.527 e. The Kier molecular flexibility index (Phi) is 4.96. The van der Waals surface area contributed by atoms with E-state index in [9.17, 15) is 14.3 Å². The van der Waals surface area contributed by atoms with Gasteiger partial charge in [0.25, 0.3) is 0 Å². The molecule has 0 aliphatic rings.